The molecule has 1 aliphatic heterocycles. The maximum Gasteiger partial charge on any atom is 0.352 e. The Morgan fingerprint density at radius 1 is 1.36 bits per heavy atom. The quantitative estimate of drug-likeness (QED) is 0.719. The second-order valence-electron chi connectivity index (χ2n) is 6.11. The van der Waals surface area contributed by atoms with Gasteiger partial charge in [-0.1, -0.05) is 6.92 Å². The van der Waals surface area contributed by atoms with E-state index in [4.69, 9.17) is 0 Å². The summed E-state index contributed by atoms with van der Waals surface area (Å²) in [5, 5.41) is 12.3. The lowest BCUT2D eigenvalue weighted by molar-refractivity contribution is -0.125. The van der Waals surface area contributed by atoms with Crippen molar-refractivity contribution in [3.05, 3.63) is 34.8 Å². The predicted molar refractivity (Wildman–Crippen MR) is 92.4 cm³/mol. The topological polar surface area (TPSA) is 115 Å². The number of rotatable bonds is 6. The van der Waals surface area contributed by atoms with E-state index >= 15 is 0 Å². The minimum absolute atomic E-state index is 0.0545. The highest BCUT2D eigenvalue weighted by molar-refractivity contribution is 6.03. The van der Waals surface area contributed by atoms with Gasteiger partial charge in [-0.05, 0) is 25.0 Å². The number of carboxylic acid groups (broad SMARTS) is 1. The summed E-state index contributed by atoms with van der Waals surface area (Å²) in [7, 11) is 3.21. The molecule has 1 atom stereocenters. The minimum atomic E-state index is -1.26. The van der Waals surface area contributed by atoms with Gasteiger partial charge in [-0.25, -0.2) is 4.79 Å². The van der Waals surface area contributed by atoms with Crippen LogP contribution in [0.3, 0.4) is 0 Å². The Hall–Kier alpha value is -2.90. The van der Waals surface area contributed by atoms with Gasteiger partial charge in [0.05, 0.1) is 0 Å². The predicted octanol–water partition coefficient (Wildman–Crippen LogP) is 1.27. The van der Waals surface area contributed by atoms with Gasteiger partial charge in [0.1, 0.15) is 16.9 Å². The summed E-state index contributed by atoms with van der Waals surface area (Å²) in [6.07, 6.45) is 3.85. The zero-order valence-electron chi connectivity index (χ0n) is 14.7. The van der Waals surface area contributed by atoms with Crippen LogP contribution in [0.5, 0.6) is 0 Å². The van der Waals surface area contributed by atoms with Crippen LogP contribution >= 0.6 is 0 Å². The summed E-state index contributed by atoms with van der Waals surface area (Å²) in [5.41, 5.74) is -0.299. The Morgan fingerprint density at radius 2 is 2.04 bits per heavy atom. The average molecular weight is 346 g/mol. The molecule has 3 N–H and O–H groups in total. The third kappa shape index (κ3) is 3.19. The number of carboxylic acids is 1. The molecule has 1 aromatic rings. The van der Waals surface area contributed by atoms with Crippen molar-refractivity contribution in [1.29, 1.82) is 0 Å². The first-order chi connectivity index (χ1) is 11.7. The Balaban J connectivity index is 2.62. The molecule has 0 saturated heterocycles. The fourth-order valence-corrected chi connectivity index (χ4v) is 2.82. The number of carbonyl (C=O) groups excluding carboxylic acids is 2. The number of aromatic carboxylic acids is 1. The number of nitrogens with zero attached hydrogens (tertiary/aromatic N) is 2. The molecule has 0 saturated carbocycles. The maximum atomic E-state index is 12.4. The number of nitrogens with one attached hydrogen (secondary N) is 2. The zero-order valence-corrected chi connectivity index (χ0v) is 14.7. The zero-order chi connectivity index (χ0) is 18.8. The van der Waals surface area contributed by atoms with Crippen LogP contribution in [0.4, 0.5) is 0 Å². The van der Waals surface area contributed by atoms with Crippen LogP contribution in [-0.2, 0) is 15.1 Å². The highest BCUT2D eigenvalue weighted by Crippen LogP contribution is 2.37. The summed E-state index contributed by atoms with van der Waals surface area (Å²) in [6.45, 7) is 3.55. The number of aromatic nitrogens is 1. The van der Waals surface area contributed by atoms with Crippen molar-refractivity contribution >= 4 is 24.0 Å². The van der Waals surface area contributed by atoms with Crippen LogP contribution in [-0.4, -0.2) is 53.1 Å². The molecule has 1 aromatic heterocycles. The molecule has 134 valence electrons. The molecule has 2 amide bonds. The Bertz CT molecular complexity index is 775. The van der Waals surface area contributed by atoms with E-state index in [9.17, 15) is 19.5 Å². The third-order valence-corrected chi connectivity index (χ3v) is 4.14. The molecule has 2 rings (SSSR count). The van der Waals surface area contributed by atoms with E-state index in [0.717, 1.165) is 0 Å². The van der Waals surface area contributed by atoms with Crippen LogP contribution in [0, 0.1) is 0 Å². The van der Waals surface area contributed by atoms with Crippen molar-refractivity contribution in [2.75, 3.05) is 14.1 Å². The van der Waals surface area contributed by atoms with Gasteiger partial charge in [-0.2, -0.15) is 0 Å². The van der Waals surface area contributed by atoms with Crippen molar-refractivity contribution in [3.8, 4) is 0 Å². The van der Waals surface area contributed by atoms with E-state index in [1.54, 1.807) is 27.1 Å². The van der Waals surface area contributed by atoms with Crippen LogP contribution in [0.2, 0.25) is 0 Å². The number of H-pyrrole nitrogens is 1. The highest BCUT2D eigenvalue weighted by atomic mass is 16.4. The Morgan fingerprint density at radius 3 is 2.60 bits per heavy atom. The van der Waals surface area contributed by atoms with Crippen molar-refractivity contribution in [3.63, 3.8) is 0 Å². The van der Waals surface area contributed by atoms with E-state index in [1.165, 1.54) is 17.3 Å². The maximum absolute atomic E-state index is 12.4. The van der Waals surface area contributed by atoms with Gasteiger partial charge >= 0.3 is 5.97 Å². The van der Waals surface area contributed by atoms with Gasteiger partial charge in [0.2, 0.25) is 5.91 Å². The summed E-state index contributed by atoms with van der Waals surface area (Å²) in [4.78, 5) is 44.4. The van der Waals surface area contributed by atoms with Crippen molar-refractivity contribution in [2.45, 2.75) is 32.2 Å². The average Bonchev–Trinajstić information content (AvgIpc) is 3.13. The second kappa shape index (κ2) is 6.92. The highest BCUT2D eigenvalue weighted by Gasteiger charge is 2.44. The van der Waals surface area contributed by atoms with Gasteiger partial charge in [-0.15, -0.1) is 0 Å². The number of likely N-dealkylation sites (N-methyl/N-ethyl adjacent to an activating group) is 1. The Kier molecular flexibility index (Phi) is 5.10. The van der Waals surface area contributed by atoms with Crippen molar-refractivity contribution in [1.82, 2.24) is 15.2 Å². The number of aliphatic imine (C=N–C) groups is 1. The number of amides is 2. The van der Waals surface area contributed by atoms with Gasteiger partial charge in [-0.3, -0.25) is 14.6 Å². The standard InChI is InChI=1S/C17H22N4O4/c1-5-6-12(22)20-17(11-7-8-18-14(11)16(24)25)9-19-13(10(17)2)15(23)21(3)4/h7-9,18H,5-6H2,1-4H3,(H,20,22)(H,24,25). The summed E-state index contributed by atoms with van der Waals surface area (Å²) in [5.74, 6) is -1.71. The van der Waals surface area contributed by atoms with E-state index in [-0.39, 0.29) is 29.6 Å². The molecule has 1 unspecified atom stereocenters. The summed E-state index contributed by atoms with van der Waals surface area (Å²) < 4.78 is 0. The van der Waals surface area contributed by atoms with Crippen LogP contribution in [0.15, 0.2) is 28.5 Å². The fraction of sp³-hybridized carbons (Fsp3) is 0.412. The van der Waals surface area contributed by atoms with Gasteiger partial charge in [0.25, 0.3) is 5.91 Å². The molecule has 0 radical (unpaired) electrons. The molecule has 0 bridgehead atoms. The first-order valence-corrected chi connectivity index (χ1v) is 7.95. The molecule has 2 heterocycles. The number of hydrogen-bond acceptors (Lipinski definition) is 4. The first kappa shape index (κ1) is 18.4. The molecule has 1 aliphatic rings. The van der Waals surface area contributed by atoms with E-state index in [0.29, 0.717) is 17.6 Å². The molecule has 0 fully saturated rings. The molecule has 25 heavy (non-hydrogen) atoms. The third-order valence-electron chi connectivity index (χ3n) is 4.14. The Labute approximate surface area is 145 Å². The number of aromatic amines is 1. The fourth-order valence-electron chi connectivity index (χ4n) is 2.82. The van der Waals surface area contributed by atoms with Crippen LogP contribution < -0.4 is 5.32 Å². The summed E-state index contributed by atoms with van der Waals surface area (Å²) in [6, 6.07) is 1.58. The van der Waals surface area contributed by atoms with Crippen molar-refractivity contribution in [2.24, 2.45) is 4.99 Å². The SMILES string of the molecule is CCCC(=O)NC1(c2cc[nH]c2C(=O)O)C=NC(C(=O)N(C)C)=C1C. The van der Waals surface area contributed by atoms with Crippen LogP contribution in [0.25, 0.3) is 0 Å². The minimum Gasteiger partial charge on any atom is -0.477 e. The van der Waals surface area contributed by atoms with Gasteiger partial charge < -0.3 is 20.3 Å². The normalized spacial score (nSPS) is 19.2. The lowest BCUT2D eigenvalue weighted by Crippen LogP contribution is -2.48. The number of carbonyl (C=O) groups is 3. The van der Waals surface area contributed by atoms with Gasteiger partial charge in [0.15, 0.2) is 0 Å². The molecular formula is C17H22N4O4. The van der Waals surface area contributed by atoms with E-state index in [1.807, 2.05) is 6.92 Å². The molecule has 8 heteroatoms. The van der Waals surface area contributed by atoms with Gasteiger partial charge in [0, 0.05) is 38.5 Å². The second-order valence-corrected chi connectivity index (χ2v) is 6.11. The summed E-state index contributed by atoms with van der Waals surface area (Å²) >= 11 is 0. The molecular weight excluding hydrogens is 324 g/mol. The van der Waals surface area contributed by atoms with Crippen LogP contribution in [0.1, 0.15) is 42.7 Å². The molecule has 8 nitrogen and oxygen atoms in total. The molecule has 0 spiro atoms. The molecule has 0 aromatic carbocycles. The smallest absolute Gasteiger partial charge is 0.352 e. The van der Waals surface area contributed by atoms with E-state index < -0.39 is 11.5 Å². The number of hydrogen-bond donors (Lipinski definition) is 3. The largest absolute Gasteiger partial charge is 0.477 e. The van der Waals surface area contributed by atoms with Crippen molar-refractivity contribution < 1.29 is 19.5 Å². The van der Waals surface area contributed by atoms with E-state index in [2.05, 4.69) is 15.3 Å². The monoisotopic (exact) mass is 346 g/mol. The molecule has 0 aliphatic carbocycles. The lowest BCUT2D eigenvalue weighted by Gasteiger charge is -2.30. The first-order valence-electron chi connectivity index (χ1n) is 7.95. The lowest BCUT2D eigenvalue weighted by atomic mass is 9.84.